The number of alkyl halides is 3. The van der Waals surface area contributed by atoms with Gasteiger partial charge in [0.15, 0.2) is 0 Å². The van der Waals surface area contributed by atoms with Gasteiger partial charge in [-0.3, -0.25) is 4.90 Å². The molecule has 1 aromatic rings. The minimum absolute atomic E-state index is 0.288. The van der Waals surface area contributed by atoms with E-state index in [1.165, 1.54) is 44.7 Å². The van der Waals surface area contributed by atoms with Crippen LogP contribution in [0.3, 0.4) is 0 Å². The quantitative estimate of drug-likeness (QED) is 0.743. The maximum atomic E-state index is 12.7. The Morgan fingerprint density at radius 3 is 2.35 bits per heavy atom. The van der Waals surface area contributed by atoms with E-state index in [0.29, 0.717) is 6.61 Å². The first-order valence-electron chi connectivity index (χ1n) is 9.75. The highest BCUT2D eigenvalue weighted by Crippen LogP contribution is 2.31. The van der Waals surface area contributed by atoms with Gasteiger partial charge in [-0.2, -0.15) is 13.2 Å². The topological polar surface area (TPSA) is 15.7 Å². The normalized spacial score (nSPS) is 21.0. The Balaban J connectivity index is 1.35. The molecule has 1 saturated heterocycles. The molecule has 2 aliphatic rings. The van der Waals surface area contributed by atoms with Gasteiger partial charge in [-0.1, -0.05) is 25.3 Å². The molecule has 0 spiro atoms. The fourth-order valence-electron chi connectivity index (χ4n) is 3.99. The first-order chi connectivity index (χ1) is 12.5. The molecule has 146 valence electrons. The van der Waals surface area contributed by atoms with E-state index in [1.54, 1.807) is 6.07 Å². The maximum absolute atomic E-state index is 12.7. The van der Waals surface area contributed by atoms with Crippen molar-refractivity contribution >= 4 is 0 Å². The van der Waals surface area contributed by atoms with Crippen LogP contribution >= 0.6 is 0 Å². The zero-order valence-corrected chi connectivity index (χ0v) is 15.3. The average molecular weight is 370 g/mol. The molecule has 6 heteroatoms. The van der Waals surface area contributed by atoms with E-state index in [4.69, 9.17) is 4.74 Å². The Morgan fingerprint density at radius 1 is 0.962 bits per heavy atom. The summed E-state index contributed by atoms with van der Waals surface area (Å²) in [7, 11) is 0. The maximum Gasteiger partial charge on any atom is 0.416 e. The Morgan fingerprint density at radius 2 is 1.65 bits per heavy atom. The molecule has 1 heterocycles. The number of ether oxygens (including phenoxy) is 1. The summed E-state index contributed by atoms with van der Waals surface area (Å²) in [6.45, 7) is 6.60. The molecule has 0 aromatic heterocycles. The molecule has 1 aromatic carbocycles. The Hall–Kier alpha value is -1.27. The lowest BCUT2D eigenvalue weighted by atomic mass is 9.89. The molecule has 0 N–H and O–H groups in total. The van der Waals surface area contributed by atoms with Gasteiger partial charge in [-0.05, 0) is 37.0 Å². The number of halogens is 3. The van der Waals surface area contributed by atoms with Crippen LogP contribution in [0.25, 0.3) is 0 Å². The van der Waals surface area contributed by atoms with Gasteiger partial charge in [0.05, 0.1) is 5.56 Å². The second kappa shape index (κ2) is 9.09. The van der Waals surface area contributed by atoms with E-state index in [9.17, 15) is 13.2 Å². The molecule has 26 heavy (non-hydrogen) atoms. The summed E-state index contributed by atoms with van der Waals surface area (Å²) in [6, 6.07) is 5.11. The SMILES string of the molecule is FC(F)(F)c1cccc(OCCN2CCN(CC3CCCCC3)CC2)c1. The van der Waals surface area contributed by atoms with E-state index in [1.807, 2.05) is 0 Å². The van der Waals surface area contributed by atoms with Crippen LogP contribution in [-0.2, 0) is 6.18 Å². The van der Waals surface area contributed by atoms with Crippen molar-refractivity contribution in [1.82, 2.24) is 9.80 Å². The Labute approximate surface area is 154 Å². The summed E-state index contributed by atoms with van der Waals surface area (Å²) >= 11 is 0. The van der Waals surface area contributed by atoms with Crippen molar-refractivity contribution in [2.45, 2.75) is 38.3 Å². The molecule has 0 amide bonds. The van der Waals surface area contributed by atoms with Crippen LogP contribution < -0.4 is 4.74 Å². The highest BCUT2D eigenvalue weighted by atomic mass is 19.4. The molecule has 1 aliphatic heterocycles. The van der Waals surface area contributed by atoms with Crippen molar-refractivity contribution in [3.63, 3.8) is 0 Å². The van der Waals surface area contributed by atoms with Crippen LogP contribution in [0.4, 0.5) is 13.2 Å². The van der Waals surface area contributed by atoms with Crippen molar-refractivity contribution in [1.29, 1.82) is 0 Å². The van der Waals surface area contributed by atoms with Gasteiger partial charge in [0.25, 0.3) is 0 Å². The van der Waals surface area contributed by atoms with E-state index in [-0.39, 0.29) is 5.75 Å². The molecule has 3 nitrogen and oxygen atoms in total. The highest BCUT2D eigenvalue weighted by molar-refractivity contribution is 5.30. The Bertz CT molecular complexity index is 550. The van der Waals surface area contributed by atoms with Gasteiger partial charge < -0.3 is 9.64 Å². The van der Waals surface area contributed by atoms with Crippen LogP contribution in [-0.4, -0.2) is 55.7 Å². The zero-order chi connectivity index (χ0) is 18.4. The van der Waals surface area contributed by atoms with Gasteiger partial charge >= 0.3 is 6.18 Å². The monoisotopic (exact) mass is 370 g/mol. The summed E-state index contributed by atoms with van der Waals surface area (Å²) in [5, 5.41) is 0. The molecule has 3 rings (SSSR count). The third kappa shape index (κ3) is 5.88. The lowest BCUT2D eigenvalue weighted by molar-refractivity contribution is -0.137. The lowest BCUT2D eigenvalue weighted by Crippen LogP contribution is -2.48. The second-order valence-electron chi connectivity index (χ2n) is 7.52. The summed E-state index contributed by atoms with van der Waals surface area (Å²) in [4.78, 5) is 4.91. The fourth-order valence-corrected chi connectivity index (χ4v) is 3.99. The molecular weight excluding hydrogens is 341 g/mol. The molecule has 1 aliphatic carbocycles. The first kappa shape index (κ1) is 19.5. The van der Waals surface area contributed by atoms with E-state index >= 15 is 0 Å². The lowest BCUT2D eigenvalue weighted by Gasteiger charge is -2.37. The van der Waals surface area contributed by atoms with E-state index in [2.05, 4.69) is 9.80 Å². The minimum Gasteiger partial charge on any atom is -0.492 e. The van der Waals surface area contributed by atoms with Crippen LogP contribution in [0.2, 0.25) is 0 Å². The largest absolute Gasteiger partial charge is 0.492 e. The van der Waals surface area contributed by atoms with E-state index in [0.717, 1.165) is 50.8 Å². The Kier molecular flexibility index (Phi) is 6.81. The molecule has 0 atom stereocenters. The van der Waals surface area contributed by atoms with Gasteiger partial charge in [0.2, 0.25) is 0 Å². The summed E-state index contributed by atoms with van der Waals surface area (Å²) < 4.78 is 43.7. The highest BCUT2D eigenvalue weighted by Gasteiger charge is 2.30. The number of hydrogen-bond donors (Lipinski definition) is 0. The van der Waals surface area contributed by atoms with Crippen LogP contribution in [0.15, 0.2) is 24.3 Å². The van der Waals surface area contributed by atoms with Crippen LogP contribution in [0.5, 0.6) is 5.75 Å². The first-order valence-corrected chi connectivity index (χ1v) is 9.75. The van der Waals surface area contributed by atoms with Crippen molar-refractivity contribution < 1.29 is 17.9 Å². The molecule has 0 unspecified atom stereocenters. The summed E-state index contributed by atoms with van der Waals surface area (Å²) in [5.41, 5.74) is -0.661. The smallest absolute Gasteiger partial charge is 0.416 e. The molecule has 0 bridgehead atoms. The number of piperazine rings is 1. The number of benzene rings is 1. The zero-order valence-electron chi connectivity index (χ0n) is 15.3. The summed E-state index contributed by atoms with van der Waals surface area (Å²) in [5.74, 6) is 1.16. The number of hydrogen-bond acceptors (Lipinski definition) is 3. The van der Waals surface area contributed by atoms with Gasteiger partial charge in [-0.25, -0.2) is 0 Å². The molecule has 1 saturated carbocycles. The molecule has 2 fully saturated rings. The van der Waals surface area contributed by atoms with Crippen LogP contribution in [0.1, 0.15) is 37.7 Å². The van der Waals surface area contributed by atoms with Crippen molar-refractivity contribution in [3.05, 3.63) is 29.8 Å². The number of rotatable bonds is 6. The summed E-state index contributed by atoms with van der Waals surface area (Å²) in [6.07, 6.45) is 2.61. The predicted molar refractivity (Wildman–Crippen MR) is 96.4 cm³/mol. The molecule has 0 radical (unpaired) electrons. The average Bonchev–Trinajstić information content (AvgIpc) is 2.64. The van der Waals surface area contributed by atoms with Crippen molar-refractivity contribution in [3.8, 4) is 5.75 Å². The minimum atomic E-state index is -4.33. The molecular formula is C20H29F3N2O. The fraction of sp³-hybridized carbons (Fsp3) is 0.700. The predicted octanol–water partition coefficient (Wildman–Crippen LogP) is 4.28. The third-order valence-electron chi connectivity index (χ3n) is 5.54. The van der Waals surface area contributed by atoms with Gasteiger partial charge in [0, 0.05) is 39.3 Å². The van der Waals surface area contributed by atoms with Crippen molar-refractivity contribution in [2.75, 3.05) is 45.9 Å². The van der Waals surface area contributed by atoms with Gasteiger partial charge in [-0.15, -0.1) is 0 Å². The third-order valence-corrected chi connectivity index (χ3v) is 5.54. The van der Waals surface area contributed by atoms with Crippen molar-refractivity contribution in [2.24, 2.45) is 5.92 Å². The standard InChI is InChI=1S/C20H29F3N2O/c21-20(22,23)18-7-4-8-19(15-18)26-14-13-24-9-11-25(12-10-24)16-17-5-2-1-3-6-17/h4,7-8,15,17H,1-3,5-6,9-14,16H2. The van der Waals surface area contributed by atoms with Crippen LogP contribution in [0, 0.1) is 5.92 Å². The number of nitrogens with zero attached hydrogens (tertiary/aromatic N) is 2. The van der Waals surface area contributed by atoms with Gasteiger partial charge in [0.1, 0.15) is 12.4 Å². The second-order valence-corrected chi connectivity index (χ2v) is 7.52. The van der Waals surface area contributed by atoms with E-state index < -0.39 is 11.7 Å².